The number of ether oxygens (including phenoxy) is 2. The van der Waals surface area contributed by atoms with Gasteiger partial charge in [-0.15, -0.1) is 6.58 Å². The summed E-state index contributed by atoms with van der Waals surface area (Å²) < 4.78 is 14.5. The van der Waals surface area contributed by atoms with Crippen LogP contribution in [0, 0.1) is 5.41 Å². The van der Waals surface area contributed by atoms with Crippen LogP contribution < -0.4 is 0 Å². The Morgan fingerprint density at radius 2 is 2.13 bits per heavy atom. The summed E-state index contributed by atoms with van der Waals surface area (Å²) in [6, 6.07) is 2.07. The molecule has 0 amide bonds. The normalized spacial score (nSPS) is 35.6. The molecule has 2 aromatic heterocycles. The Hall–Kier alpha value is -1.43. The summed E-state index contributed by atoms with van der Waals surface area (Å²) in [5.74, 6) is -0.589. The van der Waals surface area contributed by atoms with Crippen LogP contribution >= 0.6 is 11.6 Å². The molecule has 2 aliphatic rings. The highest BCUT2D eigenvalue weighted by molar-refractivity contribution is 6.33. The van der Waals surface area contributed by atoms with E-state index in [1.165, 1.54) is 6.33 Å². The van der Waals surface area contributed by atoms with Gasteiger partial charge in [0.2, 0.25) is 0 Å². The third kappa shape index (κ3) is 2.14. The molecule has 0 unspecified atom stereocenters. The van der Waals surface area contributed by atoms with Crippen molar-refractivity contribution in [1.29, 1.82) is 0 Å². The van der Waals surface area contributed by atoms with Gasteiger partial charge in [0, 0.05) is 11.6 Å². The second kappa shape index (κ2) is 4.79. The first kappa shape index (κ1) is 15.1. The Morgan fingerprint density at radius 1 is 1.35 bits per heavy atom. The van der Waals surface area contributed by atoms with E-state index in [2.05, 4.69) is 28.0 Å². The number of rotatable bonds is 2. The molecule has 1 aliphatic carbocycles. The van der Waals surface area contributed by atoms with E-state index in [1.807, 2.05) is 32.2 Å². The maximum absolute atomic E-state index is 6.22. The lowest BCUT2D eigenvalue weighted by Gasteiger charge is -2.28. The minimum Gasteiger partial charge on any atom is -0.344 e. The highest BCUT2D eigenvalue weighted by Gasteiger charge is 2.59. The summed E-state index contributed by atoms with van der Waals surface area (Å²) in [6.45, 7) is 10.1. The highest BCUT2D eigenvalue weighted by atomic mass is 35.5. The minimum atomic E-state index is -0.589. The predicted octanol–water partition coefficient (Wildman–Crippen LogP) is 3.74. The first-order chi connectivity index (χ1) is 10.8. The molecule has 122 valence electrons. The molecular weight excluding hydrogens is 314 g/mol. The number of hydrogen-bond donors (Lipinski definition) is 0. The Bertz CT molecular complexity index is 787. The molecule has 3 heterocycles. The second-order valence-electron chi connectivity index (χ2n) is 7.13. The van der Waals surface area contributed by atoms with Gasteiger partial charge < -0.3 is 14.0 Å². The molecule has 4 rings (SSSR count). The number of halogens is 1. The van der Waals surface area contributed by atoms with E-state index in [4.69, 9.17) is 21.1 Å². The van der Waals surface area contributed by atoms with Crippen LogP contribution in [0.4, 0.5) is 0 Å². The average Bonchev–Trinajstić information content (AvgIpc) is 3.12. The number of nitrogens with zero attached hydrogens (tertiary/aromatic N) is 3. The van der Waals surface area contributed by atoms with Crippen LogP contribution in [-0.2, 0) is 9.47 Å². The Morgan fingerprint density at radius 3 is 2.87 bits per heavy atom. The van der Waals surface area contributed by atoms with E-state index in [0.29, 0.717) is 5.15 Å². The van der Waals surface area contributed by atoms with Crippen LogP contribution in [0.1, 0.15) is 33.2 Å². The molecule has 0 bridgehead atoms. The quantitative estimate of drug-likeness (QED) is 0.620. The summed E-state index contributed by atoms with van der Waals surface area (Å²) in [5, 5.41) is 1.33. The fraction of sp³-hybridized carbons (Fsp3) is 0.529. The van der Waals surface area contributed by atoms with E-state index in [-0.39, 0.29) is 23.7 Å². The minimum absolute atomic E-state index is 0.0187. The molecule has 23 heavy (non-hydrogen) atoms. The standard InChI is InChI=1S/C17H20ClN3O2/c1-5-17(4)8-11(12-13(17)23-16(2,3)22-12)21-7-6-10-14(18)19-9-20-15(10)21/h5-7,9,11-13H,1,8H2,2-4H3/t11-,12+,13+,17-/m1/s1. The molecule has 2 aromatic rings. The van der Waals surface area contributed by atoms with Crippen molar-refractivity contribution >= 4 is 22.6 Å². The van der Waals surface area contributed by atoms with Crippen LogP contribution in [0.2, 0.25) is 5.15 Å². The molecule has 4 atom stereocenters. The van der Waals surface area contributed by atoms with Gasteiger partial charge in [0.05, 0.1) is 17.5 Å². The molecule has 1 saturated carbocycles. The van der Waals surface area contributed by atoms with E-state index < -0.39 is 5.79 Å². The van der Waals surface area contributed by atoms with Crippen molar-refractivity contribution in [2.45, 2.75) is 51.2 Å². The van der Waals surface area contributed by atoms with Crippen molar-refractivity contribution in [3.63, 3.8) is 0 Å². The second-order valence-corrected chi connectivity index (χ2v) is 7.48. The molecule has 5 nitrogen and oxygen atoms in total. The Kier molecular flexibility index (Phi) is 3.15. The van der Waals surface area contributed by atoms with E-state index in [1.54, 1.807) is 0 Å². The van der Waals surface area contributed by atoms with Crippen molar-refractivity contribution in [1.82, 2.24) is 14.5 Å². The van der Waals surface area contributed by atoms with Gasteiger partial charge in [-0.1, -0.05) is 24.6 Å². The summed E-state index contributed by atoms with van der Waals surface area (Å²) in [4.78, 5) is 8.47. The smallest absolute Gasteiger partial charge is 0.163 e. The van der Waals surface area contributed by atoms with Crippen LogP contribution in [0.25, 0.3) is 11.0 Å². The number of aromatic nitrogens is 3. The van der Waals surface area contributed by atoms with Gasteiger partial charge in [-0.05, 0) is 26.3 Å². The van der Waals surface area contributed by atoms with Gasteiger partial charge >= 0.3 is 0 Å². The molecule has 0 aromatic carbocycles. The SMILES string of the molecule is C=C[C@]1(C)C[C@@H](n2ccc3c(Cl)ncnc32)[C@@H]2OC(C)(C)O[C@@H]21. The van der Waals surface area contributed by atoms with Crippen molar-refractivity contribution in [3.05, 3.63) is 36.4 Å². The summed E-state index contributed by atoms with van der Waals surface area (Å²) in [5.41, 5.74) is 0.687. The maximum Gasteiger partial charge on any atom is 0.163 e. The third-order valence-corrected chi connectivity index (χ3v) is 5.39. The first-order valence-corrected chi connectivity index (χ1v) is 8.19. The lowest BCUT2D eigenvalue weighted by atomic mass is 9.86. The zero-order valence-electron chi connectivity index (χ0n) is 13.5. The molecule has 0 N–H and O–H groups in total. The van der Waals surface area contributed by atoms with Gasteiger partial charge in [0.15, 0.2) is 5.79 Å². The van der Waals surface area contributed by atoms with Crippen molar-refractivity contribution < 1.29 is 9.47 Å². The molecule has 0 spiro atoms. The van der Waals surface area contributed by atoms with Crippen LogP contribution in [0.5, 0.6) is 0 Å². The summed E-state index contributed by atoms with van der Waals surface area (Å²) >= 11 is 6.18. The van der Waals surface area contributed by atoms with Crippen LogP contribution in [0.3, 0.4) is 0 Å². The molecule has 2 fully saturated rings. The van der Waals surface area contributed by atoms with Crippen molar-refractivity contribution in [3.8, 4) is 0 Å². The van der Waals surface area contributed by atoms with Gasteiger partial charge in [0.25, 0.3) is 0 Å². The monoisotopic (exact) mass is 333 g/mol. The van der Waals surface area contributed by atoms with E-state index in [9.17, 15) is 0 Å². The molecular formula is C17H20ClN3O2. The lowest BCUT2D eigenvalue weighted by Crippen LogP contribution is -2.31. The molecule has 1 aliphatic heterocycles. The van der Waals surface area contributed by atoms with E-state index >= 15 is 0 Å². The maximum atomic E-state index is 6.22. The average molecular weight is 334 g/mol. The number of hydrogen-bond acceptors (Lipinski definition) is 4. The Balaban J connectivity index is 1.82. The molecule has 6 heteroatoms. The highest BCUT2D eigenvalue weighted by Crippen LogP contribution is 2.54. The zero-order valence-corrected chi connectivity index (χ0v) is 14.2. The molecule has 1 saturated heterocycles. The third-order valence-electron chi connectivity index (χ3n) is 5.09. The van der Waals surface area contributed by atoms with Gasteiger partial charge in [-0.2, -0.15) is 0 Å². The fourth-order valence-corrected chi connectivity index (χ4v) is 4.12. The van der Waals surface area contributed by atoms with Crippen molar-refractivity contribution in [2.75, 3.05) is 0 Å². The van der Waals surface area contributed by atoms with E-state index in [0.717, 1.165) is 17.5 Å². The summed E-state index contributed by atoms with van der Waals surface area (Å²) in [6.07, 6.45) is 6.32. The summed E-state index contributed by atoms with van der Waals surface area (Å²) in [7, 11) is 0. The van der Waals surface area contributed by atoms with Gasteiger partial charge in [0.1, 0.15) is 23.2 Å². The predicted molar refractivity (Wildman–Crippen MR) is 88.3 cm³/mol. The number of fused-ring (bicyclic) bond motifs is 2. The molecule has 0 radical (unpaired) electrons. The van der Waals surface area contributed by atoms with Crippen molar-refractivity contribution in [2.24, 2.45) is 5.41 Å². The van der Waals surface area contributed by atoms with Gasteiger partial charge in [-0.25, -0.2) is 9.97 Å². The Labute approximate surface area is 140 Å². The first-order valence-electron chi connectivity index (χ1n) is 7.81. The fourth-order valence-electron chi connectivity index (χ4n) is 3.93. The lowest BCUT2D eigenvalue weighted by molar-refractivity contribution is -0.164. The largest absolute Gasteiger partial charge is 0.344 e. The van der Waals surface area contributed by atoms with Crippen LogP contribution in [0.15, 0.2) is 31.2 Å². The zero-order chi connectivity index (χ0) is 16.4. The van der Waals surface area contributed by atoms with Gasteiger partial charge in [-0.3, -0.25) is 0 Å². The topological polar surface area (TPSA) is 49.2 Å². The van der Waals surface area contributed by atoms with Crippen LogP contribution in [-0.4, -0.2) is 32.5 Å².